The molecule has 1 saturated heterocycles. The molecular formula is C10H18N2. The summed E-state index contributed by atoms with van der Waals surface area (Å²) in [4.78, 5) is 5.02. The van der Waals surface area contributed by atoms with Crippen molar-refractivity contribution >= 4 is 0 Å². The summed E-state index contributed by atoms with van der Waals surface area (Å²) in [6.45, 7) is 6.88. The summed E-state index contributed by atoms with van der Waals surface area (Å²) in [7, 11) is 2.22. The Balaban J connectivity index is 2.24. The van der Waals surface area contributed by atoms with Crippen LogP contribution < -0.4 is 0 Å². The molecule has 0 saturated carbocycles. The van der Waals surface area contributed by atoms with Crippen LogP contribution in [0, 0.1) is 0 Å². The van der Waals surface area contributed by atoms with Gasteiger partial charge in [-0.2, -0.15) is 0 Å². The zero-order chi connectivity index (χ0) is 8.88. The van der Waals surface area contributed by atoms with Gasteiger partial charge in [0, 0.05) is 18.1 Å². The summed E-state index contributed by atoms with van der Waals surface area (Å²) in [5, 5.41) is 0. The largest absolute Gasteiger partial charge is 0.280 e. The van der Waals surface area contributed by atoms with E-state index in [0.717, 1.165) is 0 Å². The Morgan fingerprint density at radius 1 is 1.25 bits per heavy atom. The van der Waals surface area contributed by atoms with Crippen LogP contribution in [0.2, 0.25) is 0 Å². The Bertz CT molecular complexity index is 210. The molecule has 68 valence electrons. The third kappa shape index (κ3) is 0.882. The monoisotopic (exact) mass is 166 g/mol. The summed E-state index contributed by atoms with van der Waals surface area (Å²) >= 11 is 0. The van der Waals surface area contributed by atoms with E-state index < -0.39 is 0 Å². The van der Waals surface area contributed by atoms with Gasteiger partial charge >= 0.3 is 0 Å². The Morgan fingerprint density at radius 3 is 2.25 bits per heavy atom. The molecule has 2 heterocycles. The number of hydrogen-bond acceptors (Lipinski definition) is 2. The van der Waals surface area contributed by atoms with Crippen molar-refractivity contribution in [2.24, 2.45) is 0 Å². The van der Waals surface area contributed by atoms with Gasteiger partial charge in [-0.3, -0.25) is 9.80 Å². The van der Waals surface area contributed by atoms with E-state index >= 15 is 0 Å². The summed E-state index contributed by atoms with van der Waals surface area (Å²) in [5.74, 6) is 0. The maximum Gasteiger partial charge on any atom is 0.0823 e. The van der Waals surface area contributed by atoms with Crippen molar-refractivity contribution in [2.75, 3.05) is 7.05 Å². The molecule has 0 aromatic heterocycles. The summed E-state index contributed by atoms with van der Waals surface area (Å²) in [6, 6.07) is 1.99. The van der Waals surface area contributed by atoms with Crippen LogP contribution >= 0.6 is 0 Å². The second kappa shape index (κ2) is 2.57. The van der Waals surface area contributed by atoms with Gasteiger partial charge in [-0.05, 0) is 27.8 Å². The highest BCUT2D eigenvalue weighted by molar-refractivity contribution is 5.19. The molecule has 0 amide bonds. The molecule has 2 heteroatoms. The molecule has 2 bridgehead atoms. The van der Waals surface area contributed by atoms with Gasteiger partial charge in [0.1, 0.15) is 0 Å². The van der Waals surface area contributed by atoms with Crippen molar-refractivity contribution < 1.29 is 0 Å². The molecule has 3 unspecified atom stereocenters. The Labute approximate surface area is 74.8 Å². The van der Waals surface area contributed by atoms with E-state index in [2.05, 4.69) is 49.8 Å². The predicted octanol–water partition coefficient (Wildman–Crippen LogP) is 1.30. The minimum atomic E-state index is 0.560. The lowest BCUT2D eigenvalue weighted by atomic mass is 10.1. The molecule has 3 atom stereocenters. The lowest BCUT2D eigenvalue weighted by Gasteiger charge is -2.32. The fourth-order valence-electron chi connectivity index (χ4n) is 2.66. The number of rotatable bonds is 1. The van der Waals surface area contributed by atoms with Crippen molar-refractivity contribution in [3.8, 4) is 0 Å². The standard InChI is InChI=1S/C10H18N2/c1-7(2)12-8(3)9-5-6-10(12)11(9)4/h5-10H,1-4H3. The summed E-state index contributed by atoms with van der Waals surface area (Å²) in [5.41, 5.74) is 0. The molecule has 2 rings (SSSR count). The molecule has 0 N–H and O–H groups in total. The van der Waals surface area contributed by atoms with Crippen molar-refractivity contribution in [3.05, 3.63) is 12.2 Å². The van der Waals surface area contributed by atoms with Crippen LogP contribution in [0.5, 0.6) is 0 Å². The maximum atomic E-state index is 2.57. The third-order valence-electron chi connectivity index (χ3n) is 3.23. The lowest BCUT2D eigenvalue weighted by Crippen LogP contribution is -2.43. The molecule has 1 fully saturated rings. The lowest BCUT2D eigenvalue weighted by molar-refractivity contribution is 0.144. The number of likely N-dealkylation sites (N-methyl/N-ethyl adjacent to an activating group) is 1. The van der Waals surface area contributed by atoms with Crippen LogP contribution in [0.15, 0.2) is 12.2 Å². The first-order valence-corrected chi connectivity index (χ1v) is 4.80. The number of fused-ring (bicyclic) bond motifs is 2. The molecule has 0 aromatic carbocycles. The first-order valence-electron chi connectivity index (χ1n) is 4.80. The molecule has 0 radical (unpaired) electrons. The Kier molecular flexibility index (Phi) is 1.77. The minimum absolute atomic E-state index is 0.560. The molecule has 2 aliphatic rings. The molecule has 2 aliphatic heterocycles. The van der Waals surface area contributed by atoms with Crippen molar-refractivity contribution in [1.29, 1.82) is 0 Å². The van der Waals surface area contributed by atoms with Gasteiger partial charge in [-0.15, -0.1) is 0 Å². The van der Waals surface area contributed by atoms with Gasteiger partial charge in [0.05, 0.1) is 6.17 Å². The quantitative estimate of drug-likeness (QED) is 0.542. The van der Waals surface area contributed by atoms with Crippen LogP contribution in [-0.2, 0) is 0 Å². The van der Waals surface area contributed by atoms with E-state index in [4.69, 9.17) is 0 Å². The Morgan fingerprint density at radius 2 is 1.92 bits per heavy atom. The van der Waals surface area contributed by atoms with Gasteiger partial charge in [0.2, 0.25) is 0 Å². The van der Waals surface area contributed by atoms with Crippen LogP contribution in [0.25, 0.3) is 0 Å². The number of hydrogen-bond donors (Lipinski definition) is 0. The smallest absolute Gasteiger partial charge is 0.0823 e. The van der Waals surface area contributed by atoms with E-state index in [1.165, 1.54) is 0 Å². The Hall–Kier alpha value is -0.340. The highest BCUT2D eigenvalue weighted by atomic mass is 15.5. The second-order valence-electron chi connectivity index (χ2n) is 4.24. The summed E-state index contributed by atoms with van der Waals surface area (Å²) < 4.78 is 0. The van der Waals surface area contributed by atoms with Crippen LogP contribution in [0.4, 0.5) is 0 Å². The second-order valence-corrected chi connectivity index (χ2v) is 4.24. The number of nitrogens with zero attached hydrogens (tertiary/aromatic N) is 2. The molecular weight excluding hydrogens is 148 g/mol. The van der Waals surface area contributed by atoms with Crippen molar-refractivity contribution in [3.63, 3.8) is 0 Å². The van der Waals surface area contributed by atoms with Gasteiger partial charge in [-0.25, -0.2) is 0 Å². The zero-order valence-electron chi connectivity index (χ0n) is 8.36. The van der Waals surface area contributed by atoms with Gasteiger partial charge in [0.15, 0.2) is 0 Å². The van der Waals surface area contributed by atoms with Crippen LogP contribution in [-0.4, -0.2) is 41.1 Å². The highest BCUT2D eigenvalue weighted by Crippen LogP contribution is 2.33. The normalized spacial score (nSPS) is 41.9. The van der Waals surface area contributed by atoms with Crippen molar-refractivity contribution in [1.82, 2.24) is 9.80 Å². The maximum absolute atomic E-state index is 2.57. The molecule has 0 spiro atoms. The first-order chi connectivity index (χ1) is 5.63. The fourth-order valence-corrected chi connectivity index (χ4v) is 2.66. The van der Waals surface area contributed by atoms with E-state index in [0.29, 0.717) is 24.3 Å². The topological polar surface area (TPSA) is 6.48 Å². The highest BCUT2D eigenvalue weighted by Gasteiger charge is 2.44. The SMILES string of the molecule is CC(C)N1C(C)C2C=CC1N2C. The summed E-state index contributed by atoms with van der Waals surface area (Å²) in [6.07, 6.45) is 5.23. The minimum Gasteiger partial charge on any atom is -0.280 e. The van der Waals surface area contributed by atoms with Crippen LogP contribution in [0.1, 0.15) is 20.8 Å². The van der Waals surface area contributed by atoms with Crippen LogP contribution in [0.3, 0.4) is 0 Å². The average molecular weight is 166 g/mol. The molecule has 0 aliphatic carbocycles. The molecule has 2 nitrogen and oxygen atoms in total. The van der Waals surface area contributed by atoms with E-state index in [-0.39, 0.29) is 0 Å². The zero-order valence-corrected chi connectivity index (χ0v) is 8.36. The fraction of sp³-hybridized carbons (Fsp3) is 0.800. The predicted molar refractivity (Wildman–Crippen MR) is 50.9 cm³/mol. The van der Waals surface area contributed by atoms with Gasteiger partial charge in [0.25, 0.3) is 0 Å². The average Bonchev–Trinajstić information content (AvgIpc) is 2.43. The molecule has 0 aromatic rings. The van der Waals surface area contributed by atoms with E-state index in [1.807, 2.05) is 0 Å². The molecule has 12 heavy (non-hydrogen) atoms. The first kappa shape index (κ1) is 8.27. The van der Waals surface area contributed by atoms with Gasteiger partial charge in [-0.1, -0.05) is 12.2 Å². The van der Waals surface area contributed by atoms with E-state index in [9.17, 15) is 0 Å². The van der Waals surface area contributed by atoms with Gasteiger partial charge < -0.3 is 0 Å². The van der Waals surface area contributed by atoms with E-state index in [1.54, 1.807) is 0 Å². The third-order valence-corrected chi connectivity index (χ3v) is 3.23. The van der Waals surface area contributed by atoms with Crippen molar-refractivity contribution in [2.45, 2.75) is 45.1 Å².